The van der Waals surface area contributed by atoms with Crippen LogP contribution in [-0.2, 0) is 6.54 Å². The Morgan fingerprint density at radius 3 is 2.74 bits per heavy atom. The number of carbonyl (C=O) groups excluding carboxylic acids is 1. The van der Waals surface area contributed by atoms with Crippen LogP contribution in [0.1, 0.15) is 15.9 Å². The molecule has 0 saturated heterocycles. The first-order chi connectivity index (χ1) is 9.10. The molecule has 0 spiro atoms. The molecule has 2 aromatic rings. The summed E-state index contributed by atoms with van der Waals surface area (Å²) in [4.78, 5) is 13.1. The van der Waals surface area contributed by atoms with Gasteiger partial charge in [0.2, 0.25) is 0 Å². The molecule has 2 nitrogen and oxygen atoms in total. The predicted molar refractivity (Wildman–Crippen MR) is 83.1 cm³/mol. The minimum atomic E-state index is 0.571. The highest BCUT2D eigenvalue weighted by atomic mass is 79.9. The zero-order valence-corrected chi connectivity index (χ0v) is 12.8. The molecule has 0 unspecified atom stereocenters. The first-order valence-electron chi connectivity index (χ1n) is 5.80. The van der Waals surface area contributed by atoms with E-state index in [0.717, 1.165) is 23.0 Å². The molecule has 4 heteroatoms. The fourth-order valence-electron chi connectivity index (χ4n) is 1.96. The lowest BCUT2D eigenvalue weighted by atomic mass is 10.1. The number of halogens is 2. The average Bonchev–Trinajstić information content (AvgIpc) is 2.38. The molecule has 19 heavy (non-hydrogen) atoms. The smallest absolute Gasteiger partial charge is 0.152 e. The van der Waals surface area contributed by atoms with Gasteiger partial charge in [0.25, 0.3) is 0 Å². The zero-order chi connectivity index (χ0) is 13.8. The van der Waals surface area contributed by atoms with Gasteiger partial charge in [-0.25, -0.2) is 0 Å². The highest BCUT2D eigenvalue weighted by Gasteiger charge is 2.08. The van der Waals surface area contributed by atoms with Crippen molar-refractivity contribution in [3.05, 3.63) is 63.1 Å². The molecule has 2 aromatic carbocycles. The quantitative estimate of drug-likeness (QED) is 0.762. The van der Waals surface area contributed by atoms with Crippen molar-refractivity contribution in [1.29, 1.82) is 0 Å². The second-order valence-corrected chi connectivity index (χ2v) is 5.66. The van der Waals surface area contributed by atoms with Crippen LogP contribution in [0.3, 0.4) is 0 Å². The van der Waals surface area contributed by atoms with E-state index in [1.807, 2.05) is 30.1 Å². The van der Waals surface area contributed by atoms with Crippen LogP contribution in [0.25, 0.3) is 0 Å². The van der Waals surface area contributed by atoms with Gasteiger partial charge < -0.3 is 4.90 Å². The molecule has 0 bridgehead atoms. The van der Waals surface area contributed by atoms with Gasteiger partial charge in [-0.3, -0.25) is 4.79 Å². The Morgan fingerprint density at radius 1 is 1.26 bits per heavy atom. The van der Waals surface area contributed by atoms with Crippen molar-refractivity contribution >= 4 is 39.5 Å². The Labute approximate surface area is 126 Å². The van der Waals surface area contributed by atoms with E-state index in [1.165, 1.54) is 5.56 Å². The van der Waals surface area contributed by atoms with Gasteiger partial charge in [-0.2, -0.15) is 0 Å². The SMILES string of the molecule is CN(Cc1cccc(Br)c1)c1ccc(Cl)cc1C=O. The number of aldehydes is 1. The first-order valence-corrected chi connectivity index (χ1v) is 6.97. The van der Waals surface area contributed by atoms with Gasteiger partial charge >= 0.3 is 0 Å². The number of hydrogen-bond acceptors (Lipinski definition) is 2. The molecule has 0 N–H and O–H groups in total. The highest BCUT2D eigenvalue weighted by molar-refractivity contribution is 9.10. The number of anilines is 1. The lowest BCUT2D eigenvalue weighted by Crippen LogP contribution is -2.17. The minimum Gasteiger partial charge on any atom is -0.370 e. The van der Waals surface area contributed by atoms with Crippen molar-refractivity contribution in [3.63, 3.8) is 0 Å². The second kappa shape index (κ2) is 6.22. The monoisotopic (exact) mass is 337 g/mol. The Hall–Kier alpha value is -1.32. The molecule has 98 valence electrons. The molecule has 2 rings (SSSR count). The third kappa shape index (κ3) is 3.58. The molecule has 0 aliphatic heterocycles. The van der Waals surface area contributed by atoms with Crippen LogP contribution in [0, 0.1) is 0 Å². The number of nitrogens with zero attached hydrogens (tertiary/aromatic N) is 1. The summed E-state index contributed by atoms with van der Waals surface area (Å²) in [5.74, 6) is 0. The molecule has 0 radical (unpaired) electrons. The lowest BCUT2D eigenvalue weighted by molar-refractivity contribution is 0.112. The highest BCUT2D eigenvalue weighted by Crippen LogP contribution is 2.24. The van der Waals surface area contributed by atoms with Crippen molar-refractivity contribution < 1.29 is 4.79 Å². The van der Waals surface area contributed by atoms with Gasteiger partial charge in [0.15, 0.2) is 6.29 Å². The molecule has 0 aliphatic rings. The van der Waals surface area contributed by atoms with Gasteiger partial charge in [0, 0.05) is 34.3 Å². The van der Waals surface area contributed by atoms with Crippen molar-refractivity contribution in [2.24, 2.45) is 0 Å². The van der Waals surface area contributed by atoms with Crippen molar-refractivity contribution in [3.8, 4) is 0 Å². The molecule has 0 saturated carbocycles. The van der Waals surface area contributed by atoms with Crippen LogP contribution in [0.2, 0.25) is 5.02 Å². The molecule has 0 heterocycles. The molecular formula is C15H13BrClNO. The van der Waals surface area contributed by atoms with E-state index in [-0.39, 0.29) is 0 Å². The topological polar surface area (TPSA) is 20.3 Å². The lowest BCUT2D eigenvalue weighted by Gasteiger charge is -2.21. The number of rotatable bonds is 4. The van der Waals surface area contributed by atoms with E-state index < -0.39 is 0 Å². The Balaban J connectivity index is 2.24. The van der Waals surface area contributed by atoms with Crippen LogP contribution in [0.5, 0.6) is 0 Å². The standard InChI is InChI=1S/C15H13BrClNO/c1-18(9-11-3-2-4-13(16)7-11)15-6-5-14(17)8-12(15)10-19/h2-8,10H,9H2,1H3. The minimum absolute atomic E-state index is 0.571. The number of carbonyl (C=O) groups is 1. The fraction of sp³-hybridized carbons (Fsp3) is 0.133. The fourth-order valence-corrected chi connectivity index (χ4v) is 2.59. The summed E-state index contributed by atoms with van der Waals surface area (Å²) >= 11 is 9.35. The molecule has 0 fully saturated rings. The van der Waals surface area contributed by atoms with Crippen molar-refractivity contribution in [1.82, 2.24) is 0 Å². The van der Waals surface area contributed by atoms with Gasteiger partial charge in [0.1, 0.15) is 0 Å². The van der Waals surface area contributed by atoms with Gasteiger partial charge in [0.05, 0.1) is 0 Å². The Kier molecular flexibility index (Phi) is 4.61. The summed E-state index contributed by atoms with van der Waals surface area (Å²) in [5, 5.41) is 0.571. The summed E-state index contributed by atoms with van der Waals surface area (Å²) in [6.07, 6.45) is 0.832. The largest absolute Gasteiger partial charge is 0.370 e. The summed E-state index contributed by atoms with van der Waals surface area (Å²) in [6, 6.07) is 13.4. The maximum Gasteiger partial charge on any atom is 0.152 e. The predicted octanol–water partition coefficient (Wildman–Crippen LogP) is 4.55. The summed E-state index contributed by atoms with van der Waals surface area (Å²) in [6.45, 7) is 0.724. The second-order valence-electron chi connectivity index (χ2n) is 4.31. The third-order valence-electron chi connectivity index (χ3n) is 2.84. The van der Waals surface area contributed by atoms with Gasteiger partial charge in [-0.15, -0.1) is 0 Å². The van der Waals surface area contributed by atoms with Crippen LogP contribution < -0.4 is 4.90 Å². The first kappa shape index (κ1) is 14.1. The van der Waals surface area contributed by atoms with Crippen LogP contribution in [-0.4, -0.2) is 13.3 Å². The summed E-state index contributed by atoms with van der Waals surface area (Å²) < 4.78 is 1.05. The van der Waals surface area contributed by atoms with E-state index in [9.17, 15) is 4.79 Å². The van der Waals surface area contributed by atoms with E-state index in [1.54, 1.807) is 12.1 Å². The molecule has 0 aromatic heterocycles. The van der Waals surface area contributed by atoms with E-state index >= 15 is 0 Å². The van der Waals surface area contributed by atoms with Crippen LogP contribution in [0.15, 0.2) is 46.9 Å². The normalized spacial score (nSPS) is 10.3. The Bertz CT molecular complexity index is 600. The van der Waals surface area contributed by atoms with Gasteiger partial charge in [-0.05, 0) is 35.9 Å². The summed E-state index contributed by atoms with van der Waals surface area (Å²) in [7, 11) is 1.96. The molecule has 0 aliphatic carbocycles. The van der Waals surface area contributed by atoms with Crippen LogP contribution in [0.4, 0.5) is 5.69 Å². The van der Waals surface area contributed by atoms with E-state index in [4.69, 9.17) is 11.6 Å². The summed E-state index contributed by atoms with van der Waals surface area (Å²) in [5.41, 5.74) is 2.65. The maximum absolute atomic E-state index is 11.1. The average molecular weight is 339 g/mol. The van der Waals surface area contributed by atoms with Crippen LogP contribution >= 0.6 is 27.5 Å². The number of benzene rings is 2. The van der Waals surface area contributed by atoms with E-state index in [2.05, 4.69) is 28.1 Å². The van der Waals surface area contributed by atoms with Gasteiger partial charge in [-0.1, -0.05) is 39.7 Å². The molecule has 0 amide bonds. The van der Waals surface area contributed by atoms with Crippen molar-refractivity contribution in [2.45, 2.75) is 6.54 Å². The molecule has 0 atom stereocenters. The van der Waals surface area contributed by atoms with Crippen molar-refractivity contribution in [2.75, 3.05) is 11.9 Å². The molecular weight excluding hydrogens is 326 g/mol. The van der Waals surface area contributed by atoms with E-state index in [0.29, 0.717) is 10.6 Å². The number of hydrogen-bond donors (Lipinski definition) is 0. The maximum atomic E-state index is 11.1. The Morgan fingerprint density at radius 2 is 2.05 bits per heavy atom. The third-order valence-corrected chi connectivity index (χ3v) is 3.56. The zero-order valence-electron chi connectivity index (χ0n) is 10.4.